The number of pyridine rings is 1. The summed E-state index contributed by atoms with van der Waals surface area (Å²) in [6, 6.07) is 8.43. The van der Waals surface area contributed by atoms with Crippen LogP contribution in [-0.2, 0) is 16.4 Å². The summed E-state index contributed by atoms with van der Waals surface area (Å²) in [4.78, 5) is 17.0. The largest absolute Gasteiger partial charge is 0.351 e. The maximum absolute atomic E-state index is 14.4. The topological polar surface area (TPSA) is 119 Å². The molecule has 32 heavy (non-hydrogen) atoms. The first-order chi connectivity index (χ1) is 15.0. The van der Waals surface area contributed by atoms with E-state index in [2.05, 4.69) is 4.98 Å². The van der Waals surface area contributed by atoms with E-state index in [0.717, 1.165) is 18.2 Å². The van der Waals surface area contributed by atoms with E-state index >= 15 is 0 Å². The average molecular weight is 464 g/mol. The Kier molecular flexibility index (Phi) is 6.51. The smallest absolute Gasteiger partial charge is 0.325 e. The molecule has 0 bridgehead atoms. The van der Waals surface area contributed by atoms with E-state index in [1.54, 1.807) is 6.92 Å². The van der Waals surface area contributed by atoms with Crippen molar-refractivity contribution in [3.8, 4) is 11.3 Å². The number of hydrogen-bond donors (Lipinski definition) is 2. The van der Waals surface area contributed by atoms with Crippen molar-refractivity contribution in [1.29, 1.82) is 0 Å². The van der Waals surface area contributed by atoms with Gasteiger partial charge in [0.05, 0.1) is 11.4 Å². The van der Waals surface area contributed by atoms with Gasteiger partial charge in [-0.15, -0.1) is 0 Å². The Labute approximate surface area is 182 Å². The highest BCUT2D eigenvalue weighted by Gasteiger charge is 2.25. The zero-order chi connectivity index (χ0) is 23.6. The minimum atomic E-state index is -3.80. The van der Waals surface area contributed by atoms with E-state index in [-0.39, 0.29) is 17.9 Å². The van der Waals surface area contributed by atoms with Gasteiger partial charge in [-0.1, -0.05) is 12.1 Å². The standard InChI is InChI=1S/C21H19F3N4O3S/c1-12-11-14(22)6-7-15(12)19-13(9-10-32(26,30)31)5-8-18(27-19)28(21(25)29)20-16(23)3-2-4-17(20)24/h2-8,11H,9-10H2,1H3,(H2,25,29)(H2,26,30,31). The average Bonchev–Trinajstić information content (AvgIpc) is 2.68. The summed E-state index contributed by atoms with van der Waals surface area (Å²) >= 11 is 0. The first kappa shape index (κ1) is 23.2. The zero-order valence-electron chi connectivity index (χ0n) is 16.8. The Balaban J connectivity index is 2.22. The number of aromatic nitrogens is 1. The molecule has 0 saturated carbocycles. The number of nitrogens with zero attached hydrogens (tertiary/aromatic N) is 2. The molecule has 0 unspecified atom stereocenters. The van der Waals surface area contributed by atoms with Gasteiger partial charge < -0.3 is 5.73 Å². The van der Waals surface area contributed by atoms with Gasteiger partial charge in [-0.2, -0.15) is 0 Å². The summed E-state index contributed by atoms with van der Waals surface area (Å²) in [5, 5.41) is 5.10. The molecule has 0 saturated heterocycles. The number of para-hydroxylation sites is 1. The zero-order valence-corrected chi connectivity index (χ0v) is 17.7. The molecule has 4 N–H and O–H groups in total. The lowest BCUT2D eigenvalue weighted by Crippen LogP contribution is -2.33. The van der Waals surface area contributed by atoms with Gasteiger partial charge in [0.2, 0.25) is 10.0 Å². The fourth-order valence-corrected chi connectivity index (χ4v) is 3.73. The van der Waals surface area contributed by atoms with Gasteiger partial charge in [-0.25, -0.2) is 41.4 Å². The summed E-state index contributed by atoms with van der Waals surface area (Å²) in [6.07, 6.45) is -0.0388. The van der Waals surface area contributed by atoms with Crippen LogP contribution in [0.3, 0.4) is 0 Å². The number of amides is 2. The van der Waals surface area contributed by atoms with E-state index in [1.165, 1.54) is 30.3 Å². The summed E-state index contributed by atoms with van der Waals surface area (Å²) in [5.41, 5.74) is 6.18. The molecule has 2 amide bonds. The monoisotopic (exact) mass is 464 g/mol. The highest BCUT2D eigenvalue weighted by atomic mass is 32.2. The van der Waals surface area contributed by atoms with Gasteiger partial charge in [0, 0.05) is 5.56 Å². The molecule has 0 aliphatic heterocycles. The molecular weight excluding hydrogens is 445 g/mol. The van der Waals surface area contributed by atoms with Crippen LogP contribution >= 0.6 is 0 Å². The number of aryl methyl sites for hydroxylation is 2. The van der Waals surface area contributed by atoms with Crippen molar-refractivity contribution in [2.45, 2.75) is 13.3 Å². The Hall–Kier alpha value is -3.44. The molecule has 1 heterocycles. The van der Waals surface area contributed by atoms with Crippen LogP contribution in [0.25, 0.3) is 11.3 Å². The van der Waals surface area contributed by atoms with Crippen molar-refractivity contribution in [3.05, 3.63) is 77.1 Å². The number of sulfonamides is 1. The summed E-state index contributed by atoms with van der Waals surface area (Å²) < 4.78 is 65.3. The second kappa shape index (κ2) is 8.97. The molecule has 7 nitrogen and oxygen atoms in total. The second-order valence-corrected chi connectivity index (χ2v) is 8.73. The molecule has 0 spiro atoms. The van der Waals surface area contributed by atoms with Crippen molar-refractivity contribution in [3.63, 3.8) is 0 Å². The van der Waals surface area contributed by atoms with E-state index in [1.807, 2.05) is 0 Å². The highest BCUT2D eigenvalue weighted by molar-refractivity contribution is 7.89. The fourth-order valence-electron chi connectivity index (χ4n) is 3.22. The van der Waals surface area contributed by atoms with E-state index in [0.29, 0.717) is 21.6 Å². The van der Waals surface area contributed by atoms with E-state index < -0.39 is 44.9 Å². The Morgan fingerprint density at radius 2 is 1.72 bits per heavy atom. The van der Waals surface area contributed by atoms with E-state index in [9.17, 15) is 26.4 Å². The number of nitrogens with two attached hydrogens (primary N) is 2. The third-order valence-corrected chi connectivity index (χ3v) is 5.45. The second-order valence-electron chi connectivity index (χ2n) is 7.00. The first-order valence-corrected chi connectivity index (χ1v) is 11.0. The van der Waals surface area contributed by atoms with Gasteiger partial charge in [0.1, 0.15) is 29.0 Å². The van der Waals surface area contributed by atoms with Crippen LogP contribution in [0.4, 0.5) is 29.5 Å². The Morgan fingerprint density at radius 3 is 2.28 bits per heavy atom. The Morgan fingerprint density at radius 1 is 1.06 bits per heavy atom. The fraction of sp³-hybridized carbons (Fsp3) is 0.143. The maximum Gasteiger partial charge on any atom is 0.325 e. The number of benzene rings is 2. The number of primary sulfonamides is 1. The lowest BCUT2D eigenvalue weighted by molar-refractivity contribution is 0.255. The lowest BCUT2D eigenvalue weighted by Gasteiger charge is -2.22. The number of primary amides is 1. The van der Waals surface area contributed by atoms with E-state index in [4.69, 9.17) is 10.9 Å². The van der Waals surface area contributed by atoms with Gasteiger partial charge in [0.15, 0.2) is 0 Å². The number of hydrogen-bond acceptors (Lipinski definition) is 4. The van der Waals surface area contributed by atoms with Crippen LogP contribution in [0.2, 0.25) is 0 Å². The van der Waals surface area contributed by atoms with Crippen LogP contribution in [0.1, 0.15) is 11.1 Å². The molecule has 0 aliphatic carbocycles. The predicted octanol–water partition coefficient (Wildman–Crippen LogP) is 3.52. The SMILES string of the molecule is Cc1cc(F)ccc1-c1nc(N(C(N)=O)c2c(F)cccc2F)ccc1CCS(N)(=O)=O. The molecule has 0 atom stereocenters. The van der Waals surface area contributed by atoms with Crippen LogP contribution in [0.15, 0.2) is 48.5 Å². The molecule has 2 aromatic carbocycles. The number of carbonyl (C=O) groups excluding carboxylic acids is 1. The molecule has 11 heteroatoms. The lowest BCUT2D eigenvalue weighted by atomic mass is 9.99. The minimum Gasteiger partial charge on any atom is -0.351 e. The predicted molar refractivity (Wildman–Crippen MR) is 114 cm³/mol. The third-order valence-electron chi connectivity index (χ3n) is 4.67. The van der Waals surface area contributed by atoms with Crippen LogP contribution in [-0.4, -0.2) is 25.2 Å². The third kappa shape index (κ3) is 5.06. The van der Waals surface area contributed by atoms with Crippen molar-refractivity contribution in [2.75, 3.05) is 10.7 Å². The maximum atomic E-state index is 14.4. The van der Waals surface area contributed by atoms with Crippen molar-refractivity contribution in [2.24, 2.45) is 10.9 Å². The molecular formula is C21H19F3N4O3S. The number of urea groups is 1. The molecule has 168 valence electrons. The number of carbonyl (C=O) groups is 1. The van der Waals surface area contributed by atoms with Gasteiger partial charge in [0.25, 0.3) is 0 Å². The normalized spacial score (nSPS) is 11.4. The Bertz CT molecular complexity index is 1280. The molecule has 1 aromatic heterocycles. The molecule has 3 aromatic rings. The van der Waals surface area contributed by atoms with Gasteiger partial charge in [-0.05, 0) is 60.9 Å². The van der Waals surface area contributed by atoms with Crippen molar-refractivity contribution >= 4 is 27.6 Å². The molecule has 0 radical (unpaired) electrons. The van der Waals surface area contributed by atoms with Gasteiger partial charge >= 0.3 is 6.03 Å². The van der Waals surface area contributed by atoms with Crippen LogP contribution in [0, 0.1) is 24.4 Å². The molecule has 3 rings (SSSR count). The summed E-state index contributed by atoms with van der Waals surface area (Å²) in [6.45, 7) is 1.61. The molecule has 0 fully saturated rings. The van der Waals surface area contributed by atoms with Crippen molar-refractivity contribution < 1.29 is 26.4 Å². The van der Waals surface area contributed by atoms with Gasteiger partial charge in [-0.3, -0.25) is 0 Å². The van der Waals surface area contributed by atoms with Crippen LogP contribution < -0.4 is 15.8 Å². The van der Waals surface area contributed by atoms with Crippen molar-refractivity contribution in [1.82, 2.24) is 4.98 Å². The minimum absolute atomic E-state index is 0.0388. The quantitative estimate of drug-likeness (QED) is 0.580. The highest BCUT2D eigenvalue weighted by Crippen LogP contribution is 2.33. The number of halogens is 3. The number of anilines is 2. The first-order valence-electron chi connectivity index (χ1n) is 9.28. The van der Waals surface area contributed by atoms with Crippen LogP contribution in [0.5, 0.6) is 0 Å². The summed E-state index contributed by atoms with van der Waals surface area (Å²) in [7, 11) is -3.80. The number of rotatable bonds is 6. The summed E-state index contributed by atoms with van der Waals surface area (Å²) in [5.74, 6) is -3.19. The molecule has 0 aliphatic rings.